The summed E-state index contributed by atoms with van der Waals surface area (Å²) < 4.78 is 13.3. The molecule has 0 atom stereocenters. The standard InChI is InChI=1S/C17H24FNO2/c1-12-8-13(10-14(18)9-12)15(20)19-11-17(21)6-4-16(2,3)5-7-17/h8-10,21H,4-7,11H2,1-3H3,(H,19,20). The molecule has 1 amide bonds. The molecule has 2 rings (SSSR count). The van der Waals surface area contributed by atoms with E-state index in [9.17, 15) is 14.3 Å². The summed E-state index contributed by atoms with van der Waals surface area (Å²) in [4.78, 5) is 12.1. The Morgan fingerprint density at radius 3 is 2.43 bits per heavy atom. The minimum absolute atomic E-state index is 0.220. The van der Waals surface area contributed by atoms with Gasteiger partial charge in [0.05, 0.1) is 5.60 Å². The first kappa shape index (κ1) is 16.0. The summed E-state index contributed by atoms with van der Waals surface area (Å²) in [6.07, 6.45) is 3.25. The Balaban J connectivity index is 1.95. The summed E-state index contributed by atoms with van der Waals surface area (Å²) in [5, 5.41) is 13.3. The van der Waals surface area contributed by atoms with E-state index in [0.717, 1.165) is 12.8 Å². The summed E-state index contributed by atoms with van der Waals surface area (Å²) in [6.45, 7) is 6.36. The number of hydrogen-bond acceptors (Lipinski definition) is 2. The SMILES string of the molecule is Cc1cc(F)cc(C(=O)NCC2(O)CCC(C)(C)CC2)c1. The maximum absolute atomic E-state index is 13.3. The Kier molecular flexibility index (Phi) is 4.38. The van der Waals surface area contributed by atoms with Gasteiger partial charge >= 0.3 is 0 Å². The first-order chi connectivity index (χ1) is 9.69. The van der Waals surface area contributed by atoms with Gasteiger partial charge < -0.3 is 10.4 Å². The number of halogens is 1. The lowest BCUT2D eigenvalue weighted by Gasteiger charge is -2.40. The normalized spacial score (nSPS) is 20.0. The maximum atomic E-state index is 13.3. The van der Waals surface area contributed by atoms with E-state index in [1.54, 1.807) is 13.0 Å². The van der Waals surface area contributed by atoms with Crippen molar-refractivity contribution in [2.45, 2.75) is 52.1 Å². The third-order valence-electron chi connectivity index (χ3n) is 4.42. The van der Waals surface area contributed by atoms with Crippen molar-refractivity contribution in [3.63, 3.8) is 0 Å². The highest BCUT2D eigenvalue weighted by atomic mass is 19.1. The van der Waals surface area contributed by atoms with Crippen LogP contribution < -0.4 is 5.32 Å². The van der Waals surface area contributed by atoms with Crippen molar-refractivity contribution in [3.8, 4) is 0 Å². The summed E-state index contributed by atoms with van der Waals surface area (Å²) in [5.41, 5.74) is 0.425. The number of benzene rings is 1. The second-order valence-corrected chi connectivity index (χ2v) is 7.09. The Morgan fingerprint density at radius 2 is 1.86 bits per heavy atom. The lowest BCUT2D eigenvalue weighted by atomic mass is 9.71. The van der Waals surface area contributed by atoms with Gasteiger partial charge in [0, 0.05) is 12.1 Å². The zero-order valence-electron chi connectivity index (χ0n) is 13.0. The summed E-state index contributed by atoms with van der Waals surface area (Å²) in [5.74, 6) is -0.755. The van der Waals surface area contributed by atoms with Crippen LogP contribution in [0.15, 0.2) is 18.2 Å². The quantitative estimate of drug-likeness (QED) is 0.899. The molecule has 0 unspecified atom stereocenters. The van der Waals surface area contributed by atoms with E-state index in [-0.39, 0.29) is 17.9 Å². The lowest BCUT2D eigenvalue weighted by Crippen LogP contribution is -2.46. The van der Waals surface area contributed by atoms with Crippen LogP contribution in [0.2, 0.25) is 0 Å². The molecule has 1 aliphatic carbocycles. The Hall–Kier alpha value is -1.42. The van der Waals surface area contributed by atoms with Crippen LogP contribution in [0.25, 0.3) is 0 Å². The fraction of sp³-hybridized carbons (Fsp3) is 0.588. The predicted molar refractivity (Wildman–Crippen MR) is 80.7 cm³/mol. The first-order valence-corrected chi connectivity index (χ1v) is 7.47. The summed E-state index contributed by atoms with van der Waals surface area (Å²) >= 11 is 0. The molecular formula is C17H24FNO2. The highest BCUT2D eigenvalue weighted by Gasteiger charge is 2.36. The molecule has 1 fully saturated rings. The summed E-state index contributed by atoms with van der Waals surface area (Å²) in [6, 6.07) is 4.25. The average molecular weight is 293 g/mol. The number of amides is 1. The molecule has 2 N–H and O–H groups in total. The van der Waals surface area contributed by atoms with Gasteiger partial charge in [-0.2, -0.15) is 0 Å². The van der Waals surface area contributed by atoms with Gasteiger partial charge in [-0.05, 0) is 61.8 Å². The van der Waals surface area contributed by atoms with Gasteiger partial charge in [0.2, 0.25) is 0 Å². The van der Waals surface area contributed by atoms with Crippen LogP contribution in [-0.4, -0.2) is 23.2 Å². The number of carbonyl (C=O) groups excluding carboxylic acids is 1. The number of aliphatic hydroxyl groups is 1. The van der Waals surface area contributed by atoms with Crippen LogP contribution in [0.3, 0.4) is 0 Å². The van der Waals surface area contributed by atoms with Crippen molar-refractivity contribution < 1.29 is 14.3 Å². The van der Waals surface area contributed by atoms with Gasteiger partial charge in [0.1, 0.15) is 5.82 Å². The smallest absolute Gasteiger partial charge is 0.251 e. The zero-order valence-corrected chi connectivity index (χ0v) is 13.0. The fourth-order valence-electron chi connectivity index (χ4n) is 2.78. The van der Waals surface area contributed by atoms with Crippen molar-refractivity contribution in [1.82, 2.24) is 5.32 Å². The molecule has 4 heteroatoms. The molecule has 116 valence electrons. The third kappa shape index (κ3) is 4.27. The van der Waals surface area contributed by atoms with Gasteiger partial charge in [-0.25, -0.2) is 4.39 Å². The van der Waals surface area contributed by atoms with Gasteiger partial charge in [0.25, 0.3) is 5.91 Å². The highest BCUT2D eigenvalue weighted by Crippen LogP contribution is 2.39. The fourth-order valence-corrected chi connectivity index (χ4v) is 2.78. The number of carbonyl (C=O) groups is 1. The number of rotatable bonds is 3. The van der Waals surface area contributed by atoms with Crippen LogP contribution in [0.4, 0.5) is 4.39 Å². The van der Waals surface area contributed by atoms with Crippen LogP contribution in [0.5, 0.6) is 0 Å². The summed E-state index contributed by atoms with van der Waals surface area (Å²) in [7, 11) is 0. The van der Waals surface area contributed by atoms with Crippen LogP contribution >= 0.6 is 0 Å². The van der Waals surface area contributed by atoms with Gasteiger partial charge in [-0.15, -0.1) is 0 Å². The van der Waals surface area contributed by atoms with Gasteiger partial charge in [0.15, 0.2) is 0 Å². The zero-order chi connectivity index (χ0) is 15.7. The molecule has 0 radical (unpaired) electrons. The van der Waals surface area contributed by atoms with E-state index in [0.29, 0.717) is 24.0 Å². The molecule has 3 nitrogen and oxygen atoms in total. The minimum Gasteiger partial charge on any atom is -0.388 e. The van der Waals surface area contributed by atoms with Crippen molar-refractivity contribution >= 4 is 5.91 Å². The van der Waals surface area contributed by atoms with E-state index in [4.69, 9.17) is 0 Å². The van der Waals surface area contributed by atoms with Gasteiger partial charge in [-0.1, -0.05) is 13.8 Å². The van der Waals surface area contributed by atoms with Crippen LogP contribution in [-0.2, 0) is 0 Å². The molecule has 1 aromatic rings. The monoisotopic (exact) mass is 293 g/mol. The number of aryl methyl sites for hydroxylation is 1. The molecule has 0 aromatic heterocycles. The Morgan fingerprint density at radius 1 is 1.24 bits per heavy atom. The minimum atomic E-state index is -0.840. The van der Waals surface area contributed by atoms with Crippen molar-refractivity contribution in [3.05, 3.63) is 35.1 Å². The second-order valence-electron chi connectivity index (χ2n) is 7.09. The molecule has 0 bridgehead atoms. The van der Waals surface area contributed by atoms with Crippen LogP contribution in [0, 0.1) is 18.2 Å². The van der Waals surface area contributed by atoms with E-state index in [1.165, 1.54) is 12.1 Å². The number of hydrogen-bond donors (Lipinski definition) is 2. The molecule has 0 heterocycles. The number of nitrogens with one attached hydrogen (secondary N) is 1. The molecular weight excluding hydrogens is 269 g/mol. The third-order valence-corrected chi connectivity index (χ3v) is 4.42. The van der Waals surface area contributed by atoms with E-state index in [1.807, 2.05) is 0 Å². The average Bonchev–Trinajstić information content (AvgIpc) is 2.39. The Bertz CT molecular complexity index is 509. The molecule has 1 saturated carbocycles. The van der Waals surface area contributed by atoms with E-state index in [2.05, 4.69) is 19.2 Å². The van der Waals surface area contributed by atoms with E-state index < -0.39 is 11.4 Å². The van der Waals surface area contributed by atoms with Gasteiger partial charge in [-0.3, -0.25) is 4.79 Å². The van der Waals surface area contributed by atoms with Crippen molar-refractivity contribution in [2.24, 2.45) is 5.41 Å². The molecule has 0 aliphatic heterocycles. The molecule has 0 spiro atoms. The predicted octanol–water partition coefficient (Wildman–Crippen LogP) is 3.20. The molecule has 21 heavy (non-hydrogen) atoms. The first-order valence-electron chi connectivity index (χ1n) is 7.47. The van der Waals surface area contributed by atoms with Crippen molar-refractivity contribution in [1.29, 1.82) is 0 Å². The topological polar surface area (TPSA) is 49.3 Å². The molecule has 1 aromatic carbocycles. The molecule has 1 aliphatic rings. The largest absolute Gasteiger partial charge is 0.388 e. The van der Waals surface area contributed by atoms with E-state index >= 15 is 0 Å². The highest BCUT2D eigenvalue weighted by molar-refractivity contribution is 5.94. The second kappa shape index (κ2) is 5.76. The van der Waals surface area contributed by atoms with Crippen molar-refractivity contribution in [2.75, 3.05) is 6.54 Å². The molecule has 0 saturated heterocycles. The maximum Gasteiger partial charge on any atom is 0.251 e. The van der Waals surface area contributed by atoms with Crippen LogP contribution in [0.1, 0.15) is 55.5 Å². The Labute approximate surface area is 125 Å². The lowest BCUT2D eigenvalue weighted by molar-refractivity contribution is -0.0233.